The maximum Gasteiger partial charge on any atom is 0.269 e. The second-order valence-electron chi connectivity index (χ2n) is 4.41. The molecule has 1 heterocycles. The first-order chi connectivity index (χ1) is 7.75. The average Bonchev–Trinajstić information content (AvgIpc) is 2.31. The van der Waals surface area contributed by atoms with Gasteiger partial charge in [-0.05, 0) is 31.4 Å². The summed E-state index contributed by atoms with van der Waals surface area (Å²) in [5.74, 6) is 0. The molecule has 5 heteroatoms. The minimum atomic E-state index is -0.350. The zero-order chi connectivity index (χ0) is 11.4. The molecule has 0 aliphatic carbocycles. The van der Waals surface area contributed by atoms with Crippen LogP contribution in [0.1, 0.15) is 24.8 Å². The number of nitrogens with one attached hydrogen (secondary N) is 1. The molecule has 0 atom stereocenters. The molecular weight excluding hydrogens is 240 g/mol. The van der Waals surface area contributed by atoms with Gasteiger partial charge in [0.05, 0.1) is 18.0 Å². The fourth-order valence-electron chi connectivity index (χ4n) is 2.25. The Morgan fingerprint density at radius 2 is 1.71 bits per heavy atom. The second-order valence-corrected chi connectivity index (χ2v) is 4.41. The molecule has 0 aromatic heterocycles. The maximum atomic E-state index is 10.5. The topological polar surface area (TPSA) is 47.6 Å². The normalized spacial score (nSPS) is 16.2. The largest absolute Gasteiger partial charge is 1.00 e. The highest BCUT2D eigenvalue weighted by atomic mass is 35.5. The molecule has 1 aromatic rings. The van der Waals surface area contributed by atoms with Crippen LogP contribution in [-0.2, 0) is 6.54 Å². The second kappa shape index (κ2) is 6.57. The van der Waals surface area contributed by atoms with Gasteiger partial charge in [0.25, 0.3) is 5.69 Å². The van der Waals surface area contributed by atoms with Gasteiger partial charge in [-0.2, -0.15) is 0 Å². The van der Waals surface area contributed by atoms with E-state index in [1.165, 1.54) is 37.9 Å². The van der Waals surface area contributed by atoms with E-state index in [1.807, 2.05) is 12.1 Å². The Bertz CT molecular complexity index is 361. The monoisotopic (exact) mass is 256 g/mol. The number of nitro groups is 1. The van der Waals surface area contributed by atoms with Gasteiger partial charge in [0.1, 0.15) is 6.54 Å². The lowest BCUT2D eigenvalue weighted by atomic mass is 10.1. The van der Waals surface area contributed by atoms with Crippen LogP contribution < -0.4 is 17.3 Å². The molecule has 0 bridgehead atoms. The number of likely N-dealkylation sites (tertiary alicyclic amines) is 1. The minimum Gasteiger partial charge on any atom is -1.00 e. The van der Waals surface area contributed by atoms with Gasteiger partial charge in [-0.3, -0.25) is 10.1 Å². The van der Waals surface area contributed by atoms with Gasteiger partial charge < -0.3 is 17.3 Å². The molecule has 1 aromatic carbocycles. The molecule has 94 valence electrons. The van der Waals surface area contributed by atoms with Gasteiger partial charge in [0.15, 0.2) is 0 Å². The van der Waals surface area contributed by atoms with E-state index in [0.717, 1.165) is 6.54 Å². The van der Waals surface area contributed by atoms with Crippen molar-refractivity contribution in [2.24, 2.45) is 0 Å². The highest BCUT2D eigenvalue weighted by Gasteiger charge is 2.14. The van der Waals surface area contributed by atoms with Crippen LogP contribution in [0.25, 0.3) is 0 Å². The van der Waals surface area contributed by atoms with Crippen molar-refractivity contribution in [1.82, 2.24) is 0 Å². The first-order valence-electron chi connectivity index (χ1n) is 5.82. The molecule has 1 saturated heterocycles. The number of nitro benzene ring substituents is 1. The van der Waals surface area contributed by atoms with Crippen LogP contribution in [0, 0.1) is 10.1 Å². The third-order valence-corrected chi connectivity index (χ3v) is 3.16. The van der Waals surface area contributed by atoms with Crippen molar-refractivity contribution in [3.63, 3.8) is 0 Å². The van der Waals surface area contributed by atoms with E-state index in [2.05, 4.69) is 0 Å². The highest BCUT2D eigenvalue weighted by molar-refractivity contribution is 5.32. The quantitative estimate of drug-likeness (QED) is 0.511. The molecule has 0 saturated carbocycles. The Hall–Kier alpha value is -1.13. The number of nitrogens with zero attached hydrogens (tertiary/aromatic N) is 1. The summed E-state index contributed by atoms with van der Waals surface area (Å²) in [5.41, 5.74) is 1.37. The molecule has 1 N–H and O–H groups in total. The van der Waals surface area contributed by atoms with Crippen LogP contribution in [0.3, 0.4) is 0 Å². The average molecular weight is 257 g/mol. The SMILES string of the molecule is O=[N+]([O-])c1ccc(C[NH+]2CCCCC2)cc1.[Cl-]. The lowest BCUT2D eigenvalue weighted by Crippen LogP contribution is -3.11. The molecule has 0 unspecified atom stereocenters. The van der Waals surface area contributed by atoms with Crippen LogP contribution in [0.4, 0.5) is 5.69 Å². The Morgan fingerprint density at radius 3 is 2.24 bits per heavy atom. The molecule has 0 amide bonds. The van der Waals surface area contributed by atoms with E-state index in [-0.39, 0.29) is 23.0 Å². The van der Waals surface area contributed by atoms with Gasteiger partial charge in [-0.1, -0.05) is 0 Å². The first-order valence-corrected chi connectivity index (χ1v) is 5.82. The maximum absolute atomic E-state index is 10.5. The van der Waals surface area contributed by atoms with Crippen molar-refractivity contribution >= 4 is 5.69 Å². The summed E-state index contributed by atoms with van der Waals surface area (Å²) < 4.78 is 0. The van der Waals surface area contributed by atoms with Gasteiger partial charge in [-0.25, -0.2) is 0 Å². The van der Waals surface area contributed by atoms with E-state index in [9.17, 15) is 10.1 Å². The summed E-state index contributed by atoms with van der Waals surface area (Å²) in [4.78, 5) is 11.8. The van der Waals surface area contributed by atoms with E-state index < -0.39 is 0 Å². The zero-order valence-corrected chi connectivity index (χ0v) is 10.4. The number of non-ortho nitro benzene ring substituents is 1. The molecule has 1 aliphatic heterocycles. The predicted octanol–water partition coefficient (Wildman–Crippen LogP) is -1.83. The molecule has 1 aliphatic rings. The van der Waals surface area contributed by atoms with Gasteiger partial charge >= 0.3 is 0 Å². The van der Waals surface area contributed by atoms with E-state index >= 15 is 0 Å². The van der Waals surface area contributed by atoms with Crippen LogP contribution in [0.2, 0.25) is 0 Å². The Balaban J connectivity index is 0.00000144. The summed E-state index contributed by atoms with van der Waals surface area (Å²) in [7, 11) is 0. The molecule has 2 rings (SSSR count). The van der Waals surface area contributed by atoms with Crippen molar-refractivity contribution in [2.75, 3.05) is 13.1 Å². The summed E-state index contributed by atoms with van der Waals surface area (Å²) in [6.45, 7) is 3.46. The number of piperidine rings is 1. The molecule has 0 radical (unpaired) electrons. The summed E-state index contributed by atoms with van der Waals surface area (Å²) in [5, 5.41) is 10.5. The summed E-state index contributed by atoms with van der Waals surface area (Å²) in [6.07, 6.45) is 3.97. The van der Waals surface area contributed by atoms with Crippen molar-refractivity contribution in [1.29, 1.82) is 0 Å². The summed E-state index contributed by atoms with van der Waals surface area (Å²) in [6, 6.07) is 6.94. The number of hydrogen-bond donors (Lipinski definition) is 1. The van der Waals surface area contributed by atoms with E-state index in [1.54, 1.807) is 17.0 Å². The van der Waals surface area contributed by atoms with Crippen LogP contribution >= 0.6 is 0 Å². The van der Waals surface area contributed by atoms with Crippen LogP contribution in [0.5, 0.6) is 0 Å². The lowest BCUT2D eigenvalue weighted by molar-refractivity contribution is -0.918. The molecule has 17 heavy (non-hydrogen) atoms. The predicted molar refractivity (Wildman–Crippen MR) is 61.3 cm³/mol. The van der Waals surface area contributed by atoms with Gasteiger partial charge in [-0.15, -0.1) is 0 Å². The molecular formula is C12H17ClN2O2. The third kappa shape index (κ3) is 3.98. The standard InChI is InChI=1S/C12H16N2O2.ClH/c15-14(16)12-6-4-11(5-7-12)10-13-8-2-1-3-9-13;/h4-7H,1-3,8-10H2;1H. The highest BCUT2D eigenvalue weighted by Crippen LogP contribution is 2.11. The fraction of sp³-hybridized carbons (Fsp3) is 0.500. The van der Waals surface area contributed by atoms with Gasteiger partial charge in [0, 0.05) is 17.7 Å². The van der Waals surface area contributed by atoms with Crippen molar-refractivity contribution in [3.8, 4) is 0 Å². The van der Waals surface area contributed by atoms with Gasteiger partial charge in [0.2, 0.25) is 0 Å². The van der Waals surface area contributed by atoms with Crippen LogP contribution in [-0.4, -0.2) is 18.0 Å². The minimum absolute atomic E-state index is 0. The smallest absolute Gasteiger partial charge is 0.269 e. The number of quaternary nitrogens is 1. The molecule has 1 fully saturated rings. The molecule has 0 spiro atoms. The Morgan fingerprint density at radius 1 is 1.12 bits per heavy atom. The number of rotatable bonds is 3. The number of benzene rings is 1. The van der Waals surface area contributed by atoms with E-state index in [0.29, 0.717) is 0 Å². The molecule has 4 nitrogen and oxygen atoms in total. The first kappa shape index (κ1) is 13.9. The fourth-order valence-corrected chi connectivity index (χ4v) is 2.25. The van der Waals surface area contributed by atoms with Crippen molar-refractivity contribution in [2.45, 2.75) is 25.8 Å². The zero-order valence-electron chi connectivity index (χ0n) is 9.69. The number of halogens is 1. The number of hydrogen-bond acceptors (Lipinski definition) is 2. The lowest BCUT2D eigenvalue weighted by Gasteiger charge is -2.23. The van der Waals surface area contributed by atoms with E-state index in [4.69, 9.17) is 0 Å². The Labute approximate surface area is 107 Å². The van der Waals surface area contributed by atoms with Crippen LogP contribution in [0.15, 0.2) is 24.3 Å². The van der Waals surface area contributed by atoms with Crippen molar-refractivity contribution < 1.29 is 22.2 Å². The third-order valence-electron chi connectivity index (χ3n) is 3.16. The summed E-state index contributed by atoms with van der Waals surface area (Å²) >= 11 is 0. The van der Waals surface area contributed by atoms with Crippen molar-refractivity contribution in [3.05, 3.63) is 39.9 Å². The Kier molecular flexibility index (Phi) is 5.38.